The summed E-state index contributed by atoms with van der Waals surface area (Å²) in [5, 5.41) is 7.42. The molecule has 4 nitrogen and oxygen atoms in total. The molecule has 0 fully saturated rings. The van der Waals surface area contributed by atoms with Crippen molar-refractivity contribution in [2.45, 2.75) is 39.5 Å². The van der Waals surface area contributed by atoms with E-state index in [2.05, 4.69) is 29.5 Å². The Morgan fingerprint density at radius 1 is 1.27 bits per heavy atom. The minimum absolute atomic E-state index is 0.102. The van der Waals surface area contributed by atoms with Crippen molar-refractivity contribution in [1.29, 1.82) is 0 Å². The standard InChI is InChI=1S/C18H25N3O/c1-13(16-8-6-5-7-9-16)12-19-18(22)11-10-17-14(2)20-21(4)15(17)3/h5-9,13H,10-12H2,1-4H3,(H,19,22)/t13-/m0/s1. The van der Waals surface area contributed by atoms with Crippen molar-refractivity contribution in [3.63, 3.8) is 0 Å². The highest BCUT2D eigenvalue weighted by Crippen LogP contribution is 2.15. The average molecular weight is 299 g/mol. The molecule has 0 unspecified atom stereocenters. The van der Waals surface area contributed by atoms with E-state index in [0.29, 0.717) is 18.9 Å². The van der Waals surface area contributed by atoms with Crippen LogP contribution in [-0.2, 0) is 18.3 Å². The first-order chi connectivity index (χ1) is 10.5. The summed E-state index contributed by atoms with van der Waals surface area (Å²) < 4.78 is 1.88. The van der Waals surface area contributed by atoms with Crippen molar-refractivity contribution >= 4 is 5.91 Å². The molecule has 118 valence electrons. The molecule has 1 aromatic heterocycles. The van der Waals surface area contributed by atoms with Gasteiger partial charge in [0.1, 0.15) is 0 Å². The van der Waals surface area contributed by atoms with E-state index >= 15 is 0 Å². The summed E-state index contributed by atoms with van der Waals surface area (Å²) in [6.07, 6.45) is 1.26. The fourth-order valence-electron chi connectivity index (χ4n) is 2.67. The second kappa shape index (κ2) is 7.25. The molecular weight excluding hydrogens is 274 g/mol. The van der Waals surface area contributed by atoms with Crippen LogP contribution in [-0.4, -0.2) is 22.2 Å². The predicted octanol–water partition coefficient (Wildman–Crippen LogP) is 2.89. The third-order valence-electron chi connectivity index (χ3n) is 4.23. The van der Waals surface area contributed by atoms with Crippen molar-refractivity contribution in [3.05, 3.63) is 52.8 Å². The van der Waals surface area contributed by atoms with Gasteiger partial charge in [0, 0.05) is 25.7 Å². The number of aryl methyl sites for hydroxylation is 2. The van der Waals surface area contributed by atoms with E-state index in [1.807, 2.05) is 43.8 Å². The zero-order valence-corrected chi connectivity index (χ0v) is 13.9. The summed E-state index contributed by atoms with van der Waals surface area (Å²) in [6, 6.07) is 10.3. The Morgan fingerprint density at radius 3 is 2.55 bits per heavy atom. The van der Waals surface area contributed by atoms with E-state index in [0.717, 1.165) is 17.8 Å². The van der Waals surface area contributed by atoms with E-state index < -0.39 is 0 Å². The molecule has 2 aromatic rings. The van der Waals surface area contributed by atoms with E-state index in [4.69, 9.17) is 0 Å². The molecule has 1 N–H and O–H groups in total. The maximum Gasteiger partial charge on any atom is 0.220 e. The average Bonchev–Trinajstić information content (AvgIpc) is 2.76. The van der Waals surface area contributed by atoms with Crippen LogP contribution in [0, 0.1) is 13.8 Å². The van der Waals surface area contributed by atoms with Crippen LogP contribution in [0.15, 0.2) is 30.3 Å². The molecule has 4 heteroatoms. The van der Waals surface area contributed by atoms with Gasteiger partial charge in [-0.3, -0.25) is 9.48 Å². The third-order valence-corrected chi connectivity index (χ3v) is 4.23. The number of hydrogen-bond acceptors (Lipinski definition) is 2. The first-order valence-electron chi connectivity index (χ1n) is 7.79. The van der Waals surface area contributed by atoms with Gasteiger partial charge in [-0.2, -0.15) is 5.10 Å². The molecule has 0 bridgehead atoms. The van der Waals surface area contributed by atoms with Gasteiger partial charge in [-0.25, -0.2) is 0 Å². The molecule has 0 radical (unpaired) electrons. The van der Waals surface area contributed by atoms with E-state index in [1.54, 1.807) is 0 Å². The van der Waals surface area contributed by atoms with Gasteiger partial charge < -0.3 is 5.32 Å². The maximum absolute atomic E-state index is 12.0. The second-order valence-electron chi connectivity index (χ2n) is 5.89. The molecular formula is C18H25N3O. The van der Waals surface area contributed by atoms with Crippen LogP contribution in [0.5, 0.6) is 0 Å². The summed E-state index contributed by atoms with van der Waals surface area (Å²) in [5.41, 5.74) is 4.60. The number of nitrogens with zero attached hydrogens (tertiary/aromatic N) is 2. The zero-order chi connectivity index (χ0) is 16.1. The highest BCUT2D eigenvalue weighted by Gasteiger charge is 2.12. The van der Waals surface area contributed by atoms with Gasteiger partial charge in [-0.1, -0.05) is 37.3 Å². The van der Waals surface area contributed by atoms with Gasteiger partial charge in [0.05, 0.1) is 5.69 Å². The predicted molar refractivity (Wildman–Crippen MR) is 88.9 cm³/mol. The fraction of sp³-hybridized carbons (Fsp3) is 0.444. The lowest BCUT2D eigenvalue weighted by molar-refractivity contribution is -0.121. The van der Waals surface area contributed by atoms with Crippen LogP contribution in [0.2, 0.25) is 0 Å². The van der Waals surface area contributed by atoms with Gasteiger partial charge in [-0.15, -0.1) is 0 Å². The number of carbonyl (C=O) groups is 1. The Hall–Kier alpha value is -2.10. The Kier molecular flexibility index (Phi) is 5.36. The van der Waals surface area contributed by atoms with Crippen molar-refractivity contribution in [3.8, 4) is 0 Å². The highest BCUT2D eigenvalue weighted by molar-refractivity contribution is 5.76. The summed E-state index contributed by atoms with van der Waals surface area (Å²) in [4.78, 5) is 12.0. The number of amides is 1. The number of benzene rings is 1. The van der Waals surface area contributed by atoms with Crippen molar-refractivity contribution in [2.24, 2.45) is 7.05 Å². The number of rotatable bonds is 6. The summed E-state index contributed by atoms with van der Waals surface area (Å²) in [6.45, 7) is 6.85. The van der Waals surface area contributed by atoms with Gasteiger partial charge in [0.25, 0.3) is 0 Å². The zero-order valence-electron chi connectivity index (χ0n) is 13.9. The number of carbonyl (C=O) groups excluding carboxylic acids is 1. The molecule has 0 aliphatic rings. The summed E-state index contributed by atoms with van der Waals surface area (Å²) in [7, 11) is 1.94. The monoisotopic (exact) mass is 299 g/mol. The molecule has 22 heavy (non-hydrogen) atoms. The molecule has 1 heterocycles. The summed E-state index contributed by atoms with van der Waals surface area (Å²) in [5.74, 6) is 0.428. The van der Waals surface area contributed by atoms with Crippen molar-refractivity contribution in [2.75, 3.05) is 6.54 Å². The largest absolute Gasteiger partial charge is 0.355 e. The molecule has 0 aliphatic heterocycles. The Labute approximate surface area is 132 Å². The highest BCUT2D eigenvalue weighted by atomic mass is 16.1. The van der Waals surface area contributed by atoms with Crippen LogP contribution < -0.4 is 5.32 Å². The van der Waals surface area contributed by atoms with E-state index in [-0.39, 0.29) is 5.91 Å². The molecule has 0 saturated heterocycles. The van der Waals surface area contributed by atoms with Gasteiger partial charge in [0.2, 0.25) is 5.91 Å². The topological polar surface area (TPSA) is 46.9 Å². The minimum Gasteiger partial charge on any atom is -0.355 e. The molecule has 0 spiro atoms. The Morgan fingerprint density at radius 2 is 1.95 bits per heavy atom. The van der Waals surface area contributed by atoms with E-state index in [1.165, 1.54) is 11.1 Å². The van der Waals surface area contributed by atoms with Crippen LogP contribution in [0.1, 0.15) is 41.8 Å². The first-order valence-corrected chi connectivity index (χ1v) is 7.79. The number of nitrogens with one attached hydrogen (secondary N) is 1. The minimum atomic E-state index is 0.102. The van der Waals surface area contributed by atoms with Gasteiger partial charge >= 0.3 is 0 Å². The van der Waals surface area contributed by atoms with Crippen LogP contribution in [0.3, 0.4) is 0 Å². The van der Waals surface area contributed by atoms with Crippen molar-refractivity contribution < 1.29 is 4.79 Å². The second-order valence-corrected chi connectivity index (χ2v) is 5.89. The third kappa shape index (κ3) is 3.97. The first kappa shape index (κ1) is 16.3. The molecule has 0 saturated carbocycles. The normalized spacial score (nSPS) is 12.2. The fourth-order valence-corrected chi connectivity index (χ4v) is 2.67. The molecule has 1 atom stereocenters. The quantitative estimate of drug-likeness (QED) is 0.891. The van der Waals surface area contributed by atoms with E-state index in [9.17, 15) is 4.79 Å². The molecule has 2 rings (SSSR count). The van der Waals surface area contributed by atoms with Crippen LogP contribution in [0.25, 0.3) is 0 Å². The molecule has 1 amide bonds. The number of hydrogen-bond donors (Lipinski definition) is 1. The molecule has 0 aliphatic carbocycles. The SMILES string of the molecule is Cc1nn(C)c(C)c1CCC(=O)NC[C@H](C)c1ccccc1. The smallest absolute Gasteiger partial charge is 0.220 e. The van der Waals surface area contributed by atoms with Crippen LogP contribution in [0.4, 0.5) is 0 Å². The van der Waals surface area contributed by atoms with Crippen molar-refractivity contribution in [1.82, 2.24) is 15.1 Å². The molecule has 1 aromatic carbocycles. The lowest BCUT2D eigenvalue weighted by atomic mass is 10.0. The lowest BCUT2D eigenvalue weighted by Crippen LogP contribution is -2.27. The Bertz CT molecular complexity index is 631. The number of aromatic nitrogens is 2. The lowest BCUT2D eigenvalue weighted by Gasteiger charge is -2.13. The Balaban J connectivity index is 1.81. The summed E-state index contributed by atoms with van der Waals surface area (Å²) >= 11 is 0. The van der Waals surface area contributed by atoms with Crippen LogP contribution >= 0.6 is 0 Å². The van der Waals surface area contributed by atoms with Gasteiger partial charge in [0.15, 0.2) is 0 Å². The van der Waals surface area contributed by atoms with Gasteiger partial charge in [-0.05, 0) is 37.3 Å². The maximum atomic E-state index is 12.0.